The highest BCUT2D eigenvalue weighted by Crippen LogP contribution is 2.27. The average Bonchev–Trinajstić information content (AvgIpc) is 2.49. The Morgan fingerprint density at radius 3 is 2.62 bits per heavy atom. The number of rotatable bonds is 5. The molecule has 3 atom stereocenters. The lowest BCUT2D eigenvalue weighted by Gasteiger charge is -2.43. The predicted octanol–water partition coefficient (Wildman–Crippen LogP) is 2.67. The third-order valence-corrected chi connectivity index (χ3v) is 4.64. The van der Waals surface area contributed by atoms with Gasteiger partial charge in [-0.15, -0.1) is 0 Å². The molecule has 1 aromatic heterocycles. The van der Waals surface area contributed by atoms with Crippen LogP contribution < -0.4 is 10.2 Å². The molecular formula is C17H30N4. The molecule has 1 aliphatic heterocycles. The molecule has 0 amide bonds. The van der Waals surface area contributed by atoms with E-state index in [1.54, 1.807) is 0 Å². The minimum absolute atomic E-state index is 0.346. The summed E-state index contributed by atoms with van der Waals surface area (Å²) >= 11 is 0. The molecule has 3 unspecified atom stereocenters. The Morgan fingerprint density at radius 2 is 2.00 bits per heavy atom. The molecule has 0 radical (unpaired) electrons. The number of piperazine rings is 1. The Morgan fingerprint density at radius 1 is 1.33 bits per heavy atom. The number of hydrogen-bond donors (Lipinski definition) is 1. The van der Waals surface area contributed by atoms with Crippen molar-refractivity contribution in [1.82, 2.24) is 15.2 Å². The lowest BCUT2D eigenvalue weighted by molar-refractivity contribution is 0.169. The van der Waals surface area contributed by atoms with E-state index in [2.05, 4.69) is 55.9 Å². The summed E-state index contributed by atoms with van der Waals surface area (Å²) in [6.45, 7) is 12.2. The molecule has 0 aromatic carbocycles. The van der Waals surface area contributed by atoms with Crippen LogP contribution in [0.3, 0.4) is 0 Å². The van der Waals surface area contributed by atoms with Gasteiger partial charge in [-0.2, -0.15) is 0 Å². The van der Waals surface area contributed by atoms with E-state index in [0.29, 0.717) is 18.1 Å². The summed E-state index contributed by atoms with van der Waals surface area (Å²) in [5.74, 6) is 1.15. The van der Waals surface area contributed by atoms with E-state index in [1.165, 1.54) is 5.56 Å². The number of aromatic nitrogens is 1. The Balaban J connectivity index is 2.19. The van der Waals surface area contributed by atoms with Gasteiger partial charge in [0.05, 0.1) is 0 Å². The Labute approximate surface area is 129 Å². The van der Waals surface area contributed by atoms with Crippen LogP contribution in [0.4, 0.5) is 5.82 Å². The largest absolute Gasteiger partial charge is 0.353 e. The van der Waals surface area contributed by atoms with Crippen LogP contribution in [0.25, 0.3) is 0 Å². The summed E-state index contributed by atoms with van der Waals surface area (Å²) in [4.78, 5) is 9.60. The SMILES string of the molecule is CCCNC(C)c1cccnc1N1CC(C)N(C)C(C)C1. The van der Waals surface area contributed by atoms with Crippen LogP contribution in [0.2, 0.25) is 0 Å². The summed E-state index contributed by atoms with van der Waals surface area (Å²) in [5.41, 5.74) is 1.31. The maximum Gasteiger partial charge on any atom is 0.133 e. The highest BCUT2D eigenvalue weighted by Gasteiger charge is 2.28. The van der Waals surface area contributed by atoms with E-state index in [9.17, 15) is 0 Å². The van der Waals surface area contributed by atoms with Crippen molar-refractivity contribution in [2.24, 2.45) is 0 Å². The van der Waals surface area contributed by atoms with Gasteiger partial charge in [-0.25, -0.2) is 4.98 Å². The number of likely N-dealkylation sites (N-methyl/N-ethyl adjacent to an activating group) is 1. The maximum atomic E-state index is 4.69. The lowest BCUT2D eigenvalue weighted by atomic mass is 10.1. The summed E-state index contributed by atoms with van der Waals surface area (Å²) in [6.07, 6.45) is 3.07. The first-order chi connectivity index (χ1) is 10.0. The molecule has 118 valence electrons. The smallest absolute Gasteiger partial charge is 0.133 e. The Hall–Kier alpha value is -1.13. The van der Waals surface area contributed by atoms with Crippen molar-refractivity contribution in [3.63, 3.8) is 0 Å². The van der Waals surface area contributed by atoms with Crippen molar-refractivity contribution in [2.75, 3.05) is 31.6 Å². The number of nitrogens with one attached hydrogen (secondary N) is 1. The van der Waals surface area contributed by atoms with Gasteiger partial charge in [0.2, 0.25) is 0 Å². The fourth-order valence-corrected chi connectivity index (χ4v) is 3.06. The summed E-state index contributed by atoms with van der Waals surface area (Å²) in [5, 5.41) is 3.58. The zero-order chi connectivity index (χ0) is 15.4. The molecule has 1 aliphatic rings. The van der Waals surface area contributed by atoms with E-state index in [1.807, 2.05) is 12.3 Å². The number of anilines is 1. The Kier molecular flexibility index (Phi) is 5.59. The van der Waals surface area contributed by atoms with Crippen LogP contribution in [0.15, 0.2) is 18.3 Å². The summed E-state index contributed by atoms with van der Waals surface area (Å²) in [6, 6.07) is 5.72. The van der Waals surface area contributed by atoms with E-state index in [4.69, 9.17) is 4.98 Å². The van der Waals surface area contributed by atoms with Gasteiger partial charge in [-0.3, -0.25) is 4.90 Å². The van der Waals surface area contributed by atoms with Crippen LogP contribution in [-0.4, -0.2) is 48.6 Å². The second-order valence-electron chi connectivity index (χ2n) is 6.36. The van der Waals surface area contributed by atoms with E-state index in [0.717, 1.165) is 31.9 Å². The third kappa shape index (κ3) is 3.74. The molecule has 0 spiro atoms. The van der Waals surface area contributed by atoms with Gasteiger partial charge in [0.15, 0.2) is 0 Å². The minimum atomic E-state index is 0.346. The van der Waals surface area contributed by atoms with Crippen LogP contribution >= 0.6 is 0 Å². The maximum absolute atomic E-state index is 4.69. The zero-order valence-electron chi connectivity index (χ0n) is 14.1. The quantitative estimate of drug-likeness (QED) is 0.903. The fraction of sp³-hybridized carbons (Fsp3) is 0.706. The average molecular weight is 290 g/mol. The van der Waals surface area contributed by atoms with Crippen LogP contribution in [-0.2, 0) is 0 Å². The van der Waals surface area contributed by atoms with Crippen molar-refractivity contribution in [3.05, 3.63) is 23.9 Å². The third-order valence-electron chi connectivity index (χ3n) is 4.64. The highest BCUT2D eigenvalue weighted by molar-refractivity contribution is 5.49. The number of pyridine rings is 1. The fourth-order valence-electron chi connectivity index (χ4n) is 3.06. The second kappa shape index (κ2) is 7.23. The first-order valence-electron chi connectivity index (χ1n) is 8.19. The van der Waals surface area contributed by atoms with Crippen molar-refractivity contribution in [2.45, 2.75) is 52.2 Å². The normalized spacial score (nSPS) is 25.1. The van der Waals surface area contributed by atoms with Crippen LogP contribution in [0.1, 0.15) is 45.7 Å². The Bertz CT molecular complexity index is 436. The number of nitrogens with zero attached hydrogens (tertiary/aromatic N) is 3. The van der Waals surface area contributed by atoms with Crippen molar-refractivity contribution >= 4 is 5.82 Å². The lowest BCUT2D eigenvalue weighted by Crippen LogP contribution is -2.55. The van der Waals surface area contributed by atoms with Crippen molar-refractivity contribution < 1.29 is 0 Å². The molecule has 1 aromatic rings. The van der Waals surface area contributed by atoms with Crippen LogP contribution in [0, 0.1) is 0 Å². The monoisotopic (exact) mass is 290 g/mol. The first kappa shape index (κ1) is 16.2. The van der Waals surface area contributed by atoms with Gasteiger partial charge in [0.1, 0.15) is 5.82 Å². The number of hydrogen-bond acceptors (Lipinski definition) is 4. The van der Waals surface area contributed by atoms with Crippen molar-refractivity contribution in [1.29, 1.82) is 0 Å². The zero-order valence-corrected chi connectivity index (χ0v) is 14.1. The molecule has 1 saturated heterocycles. The molecule has 0 bridgehead atoms. The van der Waals surface area contributed by atoms with Gasteiger partial charge in [-0.1, -0.05) is 13.0 Å². The molecule has 21 heavy (non-hydrogen) atoms. The molecule has 2 rings (SSSR count). The minimum Gasteiger partial charge on any atom is -0.353 e. The molecule has 1 N–H and O–H groups in total. The van der Waals surface area contributed by atoms with Gasteiger partial charge >= 0.3 is 0 Å². The molecule has 0 aliphatic carbocycles. The molecule has 0 saturated carbocycles. The van der Waals surface area contributed by atoms with Gasteiger partial charge in [-0.05, 0) is 46.9 Å². The predicted molar refractivity (Wildman–Crippen MR) is 89.8 cm³/mol. The molecule has 4 nitrogen and oxygen atoms in total. The van der Waals surface area contributed by atoms with E-state index in [-0.39, 0.29) is 0 Å². The molecular weight excluding hydrogens is 260 g/mol. The molecule has 1 fully saturated rings. The first-order valence-corrected chi connectivity index (χ1v) is 8.19. The van der Waals surface area contributed by atoms with Crippen LogP contribution in [0.5, 0.6) is 0 Å². The molecule has 4 heteroatoms. The summed E-state index contributed by atoms with van der Waals surface area (Å²) < 4.78 is 0. The second-order valence-corrected chi connectivity index (χ2v) is 6.36. The van der Waals surface area contributed by atoms with Crippen molar-refractivity contribution in [3.8, 4) is 0 Å². The summed E-state index contributed by atoms with van der Waals surface area (Å²) in [7, 11) is 2.22. The van der Waals surface area contributed by atoms with E-state index >= 15 is 0 Å². The van der Waals surface area contributed by atoms with Gasteiger partial charge in [0.25, 0.3) is 0 Å². The standard InChI is InChI=1S/C17H30N4/c1-6-9-18-15(4)16-8-7-10-19-17(16)21-11-13(2)20(5)14(3)12-21/h7-8,10,13-15,18H,6,9,11-12H2,1-5H3. The highest BCUT2D eigenvalue weighted by atomic mass is 15.3. The van der Waals surface area contributed by atoms with Gasteiger partial charge in [0, 0.05) is 43.0 Å². The topological polar surface area (TPSA) is 31.4 Å². The van der Waals surface area contributed by atoms with E-state index < -0.39 is 0 Å². The molecule has 2 heterocycles. The van der Waals surface area contributed by atoms with Gasteiger partial charge < -0.3 is 10.2 Å².